The topological polar surface area (TPSA) is 83.5 Å². The molecule has 0 aromatic heterocycles. The lowest BCUT2D eigenvalue weighted by atomic mass is 10.1. The lowest BCUT2D eigenvalue weighted by Crippen LogP contribution is -2.44. The Labute approximate surface area is 146 Å². The molecule has 0 radical (unpaired) electrons. The summed E-state index contributed by atoms with van der Waals surface area (Å²) in [5.41, 5.74) is 0. The number of nitrogens with one attached hydrogen (secondary N) is 1. The third-order valence-corrected chi connectivity index (χ3v) is 5.80. The zero-order chi connectivity index (χ0) is 17.7. The van der Waals surface area contributed by atoms with Crippen molar-refractivity contribution in [1.82, 2.24) is 4.72 Å². The molecule has 5 nitrogen and oxygen atoms in total. The average molecular weight is 365 g/mol. The molecule has 0 heterocycles. The van der Waals surface area contributed by atoms with E-state index in [0.717, 1.165) is 9.79 Å². The standard InChI is InChI=1S/C17H19NO4S2/c1-12(2)16(17(19)20)18-24(21,22)15-10-8-14(9-11-15)23-13-6-4-3-5-7-13/h3-12,16,18H,1-2H3,(H,19,20)/t16-/m1/s1. The highest BCUT2D eigenvalue weighted by Gasteiger charge is 2.27. The summed E-state index contributed by atoms with van der Waals surface area (Å²) in [4.78, 5) is 13.2. The Morgan fingerprint density at radius 2 is 1.54 bits per heavy atom. The molecular formula is C17H19NO4S2. The normalized spacial score (nSPS) is 13.0. The number of hydrogen-bond donors (Lipinski definition) is 2. The largest absolute Gasteiger partial charge is 0.480 e. The Kier molecular flexibility index (Phi) is 6.04. The van der Waals surface area contributed by atoms with Crippen LogP contribution in [-0.4, -0.2) is 25.5 Å². The second-order valence-electron chi connectivity index (χ2n) is 5.57. The maximum Gasteiger partial charge on any atom is 0.322 e. The summed E-state index contributed by atoms with van der Waals surface area (Å²) in [7, 11) is -3.88. The van der Waals surface area contributed by atoms with E-state index >= 15 is 0 Å². The number of rotatable bonds is 7. The average Bonchev–Trinajstić information content (AvgIpc) is 2.54. The minimum Gasteiger partial charge on any atom is -0.480 e. The van der Waals surface area contributed by atoms with Crippen LogP contribution in [-0.2, 0) is 14.8 Å². The van der Waals surface area contributed by atoms with Crippen LogP contribution in [0.5, 0.6) is 0 Å². The lowest BCUT2D eigenvalue weighted by molar-refractivity contribution is -0.140. The molecule has 0 amide bonds. The zero-order valence-corrected chi connectivity index (χ0v) is 15.0. The zero-order valence-electron chi connectivity index (χ0n) is 13.3. The van der Waals surface area contributed by atoms with Gasteiger partial charge in [0, 0.05) is 9.79 Å². The van der Waals surface area contributed by atoms with Gasteiger partial charge in [-0.25, -0.2) is 8.42 Å². The summed E-state index contributed by atoms with van der Waals surface area (Å²) in [6.45, 7) is 3.31. The number of carbonyl (C=O) groups is 1. The molecule has 2 aromatic carbocycles. The van der Waals surface area contributed by atoms with Crippen LogP contribution < -0.4 is 4.72 Å². The third kappa shape index (κ3) is 4.83. The Hall–Kier alpha value is -1.83. The fourth-order valence-electron chi connectivity index (χ4n) is 2.02. The van der Waals surface area contributed by atoms with Crippen LogP contribution in [0.25, 0.3) is 0 Å². The van der Waals surface area contributed by atoms with Crippen molar-refractivity contribution in [2.75, 3.05) is 0 Å². The molecule has 0 aliphatic carbocycles. The van der Waals surface area contributed by atoms with E-state index in [1.165, 1.54) is 23.9 Å². The van der Waals surface area contributed by atoms with Gasteiger partial charge < -0.3 is 5.11 Å². The van der Waals surface area contributed by atoms with Gasteiger partial charge in [0.15, 0.2) is 0 Å². The Balaban J connectivity index is 2.15. The molecule has 128 valence electrons. The van der Waals surface area contributed by atoms with Crippen molar-refractivity contribution in [1.29, 1.82) is 0 Å². The fourth-order valence-corrected chi connectivity index (χ4v) is 4.19. The molecule has 24 heavy (non-hydrogen) atoms. The first-order valence-electron chi connectivity index (χ1n) is 7.37. The number of sulfonamides is 1. The van der Waals surface area contributed by atoms with Crippen LogP contribution in [0.1, 0.15) is 13.8 Å². The van der Waals surface area contributed by atoms with E-state index < -0.39 is 22.0 Å². The summed E-state index contributed by atoms with van der Waals surface area (Å²) < 4.78 is 26.9. The van der Waals surface area contributed by atoms with E-state index in [1.807, 2.05) is 30.3 Å². The first kappa shape index (κ1) is 18.5. The van der Waals surface area contributed by atoms with E-state index in [-0.39, 0.29) is 10.8 Å². The molecular weight excluding hydrogens is 346 g/mol. The second-order valence-corrected chi connectivity index (χ2v) is 8.43. The van der Waals surface area contributed by atoms with Crippen LogP contribution in [0.2, 0.25) is 0 Å². The van der Waals surface area contributed by atoms with Gasteiger partial charge in [-0.2, -0.15) is 4.72 Å². The molecule has 2 N–H and O–H groups in total. The maximum absolute atomic E-state index is 12.3. The fraction of sp³-hybridized carbons (Fsp3) is 0.235. The number of hydrogen-bond acceptors (Lipinski definition) is 4. The number of benzene rings is 2. The molecule has 0 fully saturated rings. The van der Waals surface area contributed by atoms with Gasteiger partial charge in [0.25, 0.3) is 0 Å². The van der Waals surface area contributed by atoms with Gasteiger partial charge in [-0.15, -0.1) is 0 Å². The van der Waals surface area contributed by atoms with Gasteiger partial charge in [-0.1, -0.05) is 43.8 Å². The van der Waals surface area contributed by atoms with Crippen molar-refractivity contribution >= 4 is 27.8 Å². The molecule has 0 spiro atoms. The van der Waals surface area contributed by atoms with Crippen LogP contribution in [0.4, 0.5) is 0 Å². The minimum absolute atomic E-state index is 0.0480. The molecule has 0 bridgehead atoms. The van der Waals surface area contributed by atoms with Gasteiger partial charge in [0.05, 0.1) is 4.90 Å². The van der Waals surface area contributed by atoms with E-state index in [0.29, 0.717) is 0 Å². The first-order valence-corrected chi connectivity index (χ1v) is 9.67. The van der Waals surface area contributed by atoms with Gasteiger partial charge in [0.2, 0.25) is 10.0 Å². The van der Waals surface area contributed by atoms with Crippen molar-refractivity contribution in [2.45, 2.75) is 34.6 Å². The van der Waals surface area contributed by atoms with Crippen molar-refractivity contribution in [3.8, 4) is 0 Å². The first-order chi connectivity index (χ1) is 11.3. The molecule has 2 aromatic rings. The molecule has 0 unspecified atom stereocenters. The van der Waals surface area contributed by atoms with Crippen LogP contribution in [0.15, 0.2) is 69.3 Å². The molecule has 0 saturated carbocycles. The highest BCUT2D eigenvalue weighted by atomic mass is 32.2. The van der Waals surface area contributed by atoms with Crippen molar-refractivity contribution in [3.05, 3.63) is 54.6 Å². The highest BCUT2D eigenvalue weighted by Crippen LogP contribution is 2.28. The minimum atomic E-state index is -3.88. The monoisotopic (exact) mass is 365 g/mol. The van der Waals surface area contributed by atoms with Crippen molar-refractivity contribution < 1.29 is 18.3 Å². The predicted octanol–water partition coefficient (Wildman–Crippen LogP) is 3.23. The molecule has 0 aliphatic rings. The van der Waals surface area contributed by atoms with Gasteiger partial charge in [0.1, 0.15) is 6.04 Å². The van der Waals surface area contributed by atoms with Crippen molar-refractivity contribution in [2.24, 2.45) is 5.92 Å². The van der Waals surface area contributed by atoms with Gasteiger partial charge in [-0.3, -0.25) is 4.79 Å². The van der Waals surface area contributed by atoms with Crippen LogP contribution in [0.3, 0.4) is 0 Å². The molecule has 7 heteroatoms. The molecule has 1 atom stereocenters. The molecule has 0 saturated heterocycles. The number of aliphatic carboxylic acids is 1. The van der Waals surface area contributed by atoms with E-state index in [4.69, 9.17) is 5.11 Å². The van der Waals surface area contributed by atoms with Crippen molar-refractivity contribution in [3.63, 3.8) is 0 Å². The molecule has 0 aliphatic heterocycles. The smallest absolute Gasteiger partial charge is 0.322 e. The number of carboxylic acid groups (broad SMARTS) is 1. The second kappa shape index (κ2) is 7.83. The number of carboxylic acids is 1. The van der Waals surface area contributed by atoms with Crippen LogP contribution in [0, 0.1) is 5.92 Å². The van der Waals surface area contributed by atoms with Gasteiger partial charge >= 0.3 is 5.97 Å². The summed E-state index contributed by atoms with van der Waals surface area (Å²) in [6.07, 6.45) is 0. The summed E-state index contributed by atoms with van der Waals surface area (Å²) >= 11 is 1.52. The lowest BCUT2D eigenvalue weighted by Gasteiger charge is -2.18. The van der Waals surface area contributed by atoms with Crippen LogP contribution >= 0.6 is 11.8 Å². The predicted molar refractivity (Wildman–Crippen MR) is 93.6 cm³/mol. The maximum atomic E-state index is 12.3. The SMILES string of the molecule is CC(C)[C@@H](NS(=O)(=O)c1ccc(Sc2ccccc2)cc1)C(=O)O. The summed E-state index contributed by atoms with van der Waals surface area (Å²) in [5, 5.41) is 9.13. The molecule has 2 rings (SSSR count). The van der Waals surface area contributed by atoms with E-state index in [2.05, 4.69) is 4.72 Å². The summed E-state index contributed by atoms with van der Waals surface area (Å²) in [5.74, 6) is -1.55. The highest BCUT2D eigenvalue weighted by molar-refractivity contribution is 7.99. The van der Waals surface area contributed by atoms with E-state index in [9.17, 15) is 13.2 Å². The quantitative estimate of drug-likeness (QED) is 0.787. The Morgan fingerprint density at radius 1 is 1.00 bits per heavy atom. The van der Waals surface area contributed by atoms with Gasteiger partial charge in [-0.05, 0) is 42.3 Å². The summed E-state index contributed by atoms with van der Waals surface area (Å²) in [6, 6.07) is 14.9. The Bertz CT molecular complexity index is 787. The Morgan fingerprint density at radius 3 is 2.04 bits per heavy atom. The third-order valence-electron chi connectivity index (χ3n) is 3.33. The van der Waals surface area contributed by atoms with E-state index in [1.54, 1.807) is 26.0 Å².